The number of hydrogen-bond donors (Lipinski definition) is 0. The topological polar surface area (TPSA) is 0 Å². The van der Waals surface area contributed by atoms with E-state index in [1.54, 1.807) is 5.57 Å². The highest BCUT2D eigenvalue weighted by atomic mass is 14.2. The Bertz CT molecular complexity index is 222. The van der Waals surface area contributed by atoms with Crippen LogP contribution >= 0.6 is 0 Å². The highest BCUT2D eigenvalue weighted by Crippen LogP contribution is 2.31. The summed E-state index contributed by atoms with van der Waals surface area (Å²) >= 11 is 0. The van der Waals surface area contributed by atoms with Crippen LogP contribution in [0.2, 0.25) is 0 Å². The van der Waals surface area contributed by atoms with Crippen LogP contribution in [0.25, 0.3) is 0 Å². The smallest absolute Gasteiger partial charge is 0.0169 e. The van der Waals surface area contributed by atoms with Crippen molar-refractivity contribution in [2.75, 3.05) is 0 Å². The fraction of sp³-hybridized carbons (Fsp3) is 0.714. The number of rotatable bonds is 1. The van der Waals surface area contributed by atoms with E-state index in [0.29, 0.717) is 0 Å². The molecule has 2 aliphatic carbocycles. The molecular formula is C14H22. The van der Waals surface area contributed by atoms with E-state index in [1.165, 1.54) is 57.8 Å². The molecule has 0 radical (unpaired) electrons. The summed E-state index contributed by atoms with van der Waals surface area (Å²) in [5.41, 5.74) is 1.79. The zero-order valence-electron chi connectivity index (χ0n) is 9.17. The summed E-state index contributed by atoms with van der Waals surface area (Å²) in [7, 11) is 0. The predicted octanol–water partition coefficient (Wildman–Crippen LogP) is 4.62. The molecule has 1 atom stereocenters. The van der Waals surface area contributed by atoms with Crippen LogP contribution in [0.4, 0.5) is 0 Å². The van der Waals surface area contributed by atoms with Crippen molar-refractivity contribution in [1.82, 2.24) is 0 Å². The second-order valence-corrected chi connectivity index (χ2v) is 4.71. The highest BCUT2D eigenvalue weighted by molar-refractivity contribution is 5.11. The van der Waals surface area contributed by atoms with Gasteiger partial charge in [0.15, 0.2) is 0 Å². The zero-order chi connectivity index (χ0) is 9.64. The van der Waals surface area contributed by atoms with Gasteiger partial charge in [-0.15, -0.1) is 0 Å². The standard InChI is InChI=1S/C14H22/c1-2-6-10-13(9-5-1)14-11-7-3-4-8-12-14/h1,5,11,13H,2-4,6-10,12H2. The van der Waals surface area contributed by atoms with Crippen molar-refractivity contribution in [3.63, 3.8) is 0 Å². The van der Waals surface area contributed by atoms with Gasteiger partial charge in [-0.05, 0) is 57.3 Å². The summed E-state index contributed by atoms with van der Waals surface area (Å²) in [6, 6.07) is 0. The van der Waals surface area contributed by atoms with Gasteiger partial charge in [0.05, 0.1) is 0 Å². The molecule has 2 rings (SSSR count). The largest absolute Gasteiger partial charge is 0.0885 e. The molecule has 0 fully saturated rings. The Hall–Kier alpha value is -0.520. The fourth-order valence-corrected chi connectivity index (χ4v) is 2.73. The minimum Gasteiger partial charge on any atom is -0.0885 e. The van der Waals surface area contributed by atoms with Crippen molar-refractivity contribution in [3.05, 3.63) is 23.8 Å². The molecule has 0 aromatic heterocycles. The molecule has 1 unspecified atom stereocenters. The molecule has 0 heterocycles. The van der Waals surface area contributed by atoms with Gasteiger partial charge in [0, 0.05) is 0 Å². The monoisotopic (exact) mass is 190 g/mol. The molecule has 0 saturated heterocycles. The van der Waals surface area contributed by atoms with Crippen molar-refractivity contribution in [1.29, 1.82) is 0 Å². The van der Waals surface area contributed by atoms with Gasteiger partial charge in [0.2, 0.25) is 0 Å². The molecule has 0 N–H and O–H groups in total. The molecule has 0 saturated carbocycles. The molecule has 0 nitrogen and oxygen atoms in total. The third-order valence-corrected chi connectivity index (χ3v) is 3.61. The molecule has 0 aliphatic heterocycles. The third kappa shape index (κ3) is 2.73. The number of allylic oxidation sites excluding steroid dienone is 4. The minimum atomic E-state index is 0.895. The summed E-state index contributed by atoms with van der Waals surface area (Å²) in [5.74, 6) is 0.895. The Morgan fingerprint density at radius 3 is 2.93 bits per heavy atom. The van der Waals surface area contributed by atoms with E-state index in [1.807, 2.05) is 0 Å². The first-order valence-corrected chi connectivity index (χ1v) is 6.31. The Kier molecular flexibility index (Phi) is 3.85. The van der Waals surface area contributed by atoms with E-state index in [9.17, 15) is 0 Å². The molecular weight excluding hydrogens is 168 g/mol. The molecule has 14 heavy (non-hydrogen) atoms. The molecule has 0 spiro atoms. The third-order valence-electron chi connectivity index (χ3n) is 3.61. The van der Waals surface area contributed by atoms with E-state index >= 15 is 0 Å². The molecule has 0 heteroatoms. The first-order valence-electron chi connectivity index (χ1n) is 6.31. The average Bonchev–Trinajstić information content (AvgIpc) is 2.62. The lowest BCUT2D eigenvalue weighted by Gasteiger charge is -2.17. The Labute approximate surface area is 88.1 Å². The van der Waals surface area contributed by atoms with Crippen LogP contribution in [-0.4, -0.2) is 0 Å². The summed E-state index contributed by atoms with van der Waals surface area (Å²) in [5, 5.41) is 0. The van der Waals surface area contributed by atoms with Crippen molar-refractivity contribution in [2.45, 2.75) is 57.8 Å². The lowest BCUT2D eigenvalue weighted by atomic mass is 9.89. The van der Waals surface area contributed by atoms with Gasteiger partial charge >= 0.3 is 0 Å². The van der Waals surface area contributed by atoms with Gasteiger partial charge in [-0.25, -0.2) is 0 Å². The van der Waals surface area contributed by atoms with Gasteiger partial charge in [0.1, 0.15) is 0 Å². The maximum absolute atomic E-state index is 2.55. The van der Waals surface area contributed by atoms with Crippen LogP contribution in [0, 0.1) is 5.92 Å². The molecule has 0 aromatic carbocycles. The predicted molar refractivity (Wildman–Crippen MR) is 62.3 cm³/mol. The van der Waals surface area contributed by atoms with Gasteiger partial charge in [-0.1, -0.05) is 30.2 Å². The van der Waals surface area contributed by atoms with E-state index in [2.05, 4.69) is 18.2 Å². The first-order chi connectivity index (χ1) is 6.97. The SMILES string of the molecule is C1=CCC(C2=CCCCCC2)CCC1. The highest BCUT2D eigenvalue weighted by Gasteiger charge is 2.15. The van der Waals surface area contributed by atoms with Gasteiger partial charge in [-0.3, -0.25) is 0 Å². The Morgan fingerprint density at radius 1 is 0.929 bits per heavy atom. The van der Waals surface area contributed by atoms with Crippen LogP contribution in [0.15, 0.2) is 23.8 Å². The Balaban J connectivity index is 1.97. The molecule has 2 aliphatic rings. The Morgan fingerprint density at radius 2 is 1.93 bits per heavy atom. The molecule has 0 amide bonds. The van der Waals surface area contributed by atoms with Gasteiger partial charge in [-0.2, -0.15) is 0 Å². The summed E-state index contributed by atoms with van der Waals surface area (Å²) in [6.45, 7) is 0. The van der Waals surface area contributed by atoms with Crippen LogP contribution in [0.3, 0.4) is 0 Å². The van der Waals surface area contributed by atoms with Crippen molar-refractivity contribution < 1.29 is 0 Å². The van der Waals surface area contributed by atoms with E-state index in [-0.39, 0.29) is 0 Å². The van der Waals surface area contributed by atoms with Gasteiger partial charge < -0.3 is 0 Å². The van der Waals surface area contributed by atoms with E-state index in [0.717, 1.165) is 5.92 Å². The molecule has 0 aromatic rings. The lowest BCUT2D eigenvalue weighted by molar-refractivity contribution is 0.533. The zero-order valence-corrected chi connectivity index (χ0v) is 9.17. The second-order valence-electron chi connectivity index (χ2n) is 4.71. The summed E-state index contributed by atoms with van der Waals surface area (Å²) in [6.07, 6.45) is 19.8. The summed E-state index contributed by atoms with van der Waals surface area (Å²) < 4.78 is 0. The lowest BCUT2D eigenvalue weighted by Crippen LogP contribution is -2.02. The van der Waals surface area contributed by atoms with Crippen LogP contribution in [0.5, 0.6) is 0 Å². The van der Waals surface area contributed by atoms with E-state index < -0.39 is 0 Å². The van der Waals surface area contributed by atoms with Crippen LogP contribution < -0.4 is 0 Å². The maximum atomic E-state index is 2.55. The van der Waals surface area contributed by atoms with Crippen molar-refractivity contribution in [2.24, 2.45) is 5.92 Å². The summed E-state index contributed by atoms with van der Waals surface area (Å²) in [4.78, 5) is 0. The van der Waals surface area contributed by atoms with Gasteiger partial charge in [0.25, 0.3) is 0 Å². The first kappa shape index (κ1) is 10.0. The quantitative estimate of drug-likeness (QED) is 0.529. The average molecular weight is 190 g/mol. The van der Waals surface area contributed by atoms with Crippen molar-refractivity contribution in [3.8, 4) is 0 Å². The molecule has 78 valence electrons. The number of hydrogen-bond acceptors (Lipinski definition) is 0. The van der Waals surface area contributed by atoms with Crippen molar-refractivity contribution >= 4 is 0 Å². The normalized spacial score (nSPS) is 29.1. The van der Waals surface area contributed by atoms with Crippen LogP contribution in [0.1, 0.15) is 57.8 Å². The minimum absolute atomic E-state index is 0.895. The van der Waals surface area contributed by atoms with Crippen LogP contribution in [-0.2, 0) is 0 Å². The fourth-order valence-electron chi connectivity index (χ4n) is 2.73. The maximum Gasteiger partial charge on any atom is -0.0169 e. The van der Waals surface area contributed by atoms with E-state index in [4.69, 9.17) is 0 Å². The molecule has 0 bridgehead atoms. The second kappa shape index (κ2) is 5.38.